The van der Waals surface area contributed by atoms with Gasteiger partial charge in [0.05, 0.1) is 22.9 Å². The minimum Gasteiger partial charge on any atom is -0.492 e. The van der Waals surface area contributed by atoms with Crippen molar-refractivity contribution in [3.63, 3.8) is 0 Å². The fraction of sp³-hybridized carbons (Fsp3) is 0.381. The highest BCUT2D eigenvalue weighted by molar-refractivity contribution is 5.96. The van der Waals surface area contributed by atoms with Gasteiger partial charge in [0.25, 0.3) is 0 Å². The molecule has 1 fully saturated rings. The van der Waals surface area contributed by atoms with Crippen LogP contribution in [0.2, 0.25) is 0 Å². The van der Waals surface area contributed by atoms with E-state index < -0.39 is 17.7 Å². The molecule has 1 atom stereocenters. The lowest BCUT2D eigenvalue weighted by Crippen LogP contribution is -2.33. The molecule has 4 rings (SSSR count). The maximum absolute atomic E-state index is 13.2. The molecule has 0 spiro atoms. The minimum atomic E-state index is -4.46. The summed E-state index contributed by atoms with van der Waals surface area (Å²) in [5.74, 6) is -0.0199. The fourth-order valence-corrected chi connectivity index (χ4v) is 3.78. The maximum atomic E-state index is 13.2. The number of rotatable bonds is 3. The van der Waals surface area contributed by atoms with Crippen molar-refractivity contribution in [1.29, 1.82) is 0 Å². The van der Waals surface area contributed by atoms with Crippen molar-refractivity contribution in [2.75, 3.05) is 29.9 Å². The van der Waals surface area contributed by atoms with E-state index in [-0.39, 0.29) is 18.2 Å². The molecule has 2 heterocycles. The number of ether oxygens (including phenoxy) is 1. The second-order valence-corrected chi connectivity index (χ2v) is 7.23. The Morgan fingerprint density at radius 3 is 2.61 bits per heavy atom. The Kier molecular flexibility index (Phi) is 4.91. The lowest BCUT2D eigenvalue weighted by Gasteiger charge is -2.26. The fourth-order valence-electron chi connectivity index (χ4n) is 3.78. The number of carbonyl (C=O) groups excluding carboxylic acids is 1. The molecule has 1 unspecified atom stereocenters. The molecule has 0 bridgehead atoms. The van der Waals surface area contributed by atoms with Gasteiger partial charge in [0.1, 0.15) is 12.4 Å². The number of benzene rings is 2. The van der Waals surface area contributed by atoms with E-state index in [1.165, 1.54) is 6.07 Å². The number of hydrogen-bond acceptors (Lipinski definition) is 3. The number of nitrogens with one attached hydrogen (secondary N) is 1. The predicted octanol–water partition coefficient (Wildman–Crippen LogP) is 4.50. The zero-order valence-electron chi connectivity index (χ0n) is 15.3. The molecule has 2 aromatic rings. The van der Waals surface area contributed by atoms with Crippen LogP contribution in [0.4, 0.5) is 24.5 Å². The third-order valence-corrected chi connectivity index (χ3v) is 5.28. The lowest BCUT2D eigenvalue weighted by molar-refractivity contribution is -0.137. The quantitative estimate of drug-likeness (QED) is 0.839. The monoisotopic (exact) mass is 390 g/mol. The molecular formula is C21H21F3N2O2. The molecule has 2 aliphatic heterocycles. The van der Waals surface area contributed by atoms with Gasteiger partial charge in [-0.2, -0.15) is 13.2 Å². The Morgan fingerprint density at radius 1 is 1.11 bits per heavy atom. The standard InChI is InChI=1S/C21H21F3N2O2/c22-21(23,24)16-7-8-18(26-9-3-4-10-26)17(12-16)25-20(27)15-11-14-5-1-2-6-19(14)28-13-15/h1-2,5-8,12,15H,3-4,9-11,13H2,(H,25,27). The van der Waals surface area contributed by atoms with Crippen LogP contribution in [0.3, 0.4) is 0 Å². The number of hydrogen-bond donors (Lipinski definition) is 1. The van der Waals surface area contributed by atoms with Crippen molar-refractivity contribution in [3.05, 3.63) is 53.6 Å². The van der Waals surface area contributed by atoms with E-state index in [1.54, 1.807) is 0 Å². The second-order valence-electron chi connectivity index (χ2n) is 7.23. The molecule has 2 aliphatic rings. The molecule has 1 amide bonds. The Hall–Kier alpha value is -2.70. The van der Waals surface area contributed by atoms with Gasteiger partial charge in [-0.15, -0.1) is 0 Å². The van der Waals surface area contributed by atoms with Crippen molar-refractivity contribution in [2.24, 2.45) is 5.92 Å². The first-order valence-corrected chi connectivity index (χ1v) is 9.39. The Labute approximate surface area is 161 Å². The van der Waals surface area contributed by atoms with E-state index in [9.17, 15) is 18.0 Å². The normalized spacial score (nSPS) is 19.1. The molecule has 148 valence electrons. The maximum Gasteiger partial charge on any atom is 0.416 e. The van der Waals surface area contributed by atoms with Crippen molar-refractivity contribution < 1.29 is 22.7 Å². The molecule has 0 saturated carbocycles. The molecule has 1 saturated heterocycles. The van der Waals surface area contributed by atoms with Gasteiger partial charge in [-0.1, -0.05) is 18.2 Å². The topological polar surface area (TPSA) is 41.6 Å². The number of halogens is 3. The van der Waals surface area contributed by atoms with Crippen LogP contribution in [0.15, 0.2) is 42.5 Å². The predicted molar refractivity (Wildman–Crippen MR) is 101 cm³/mol. The van der Waals surface area contributed by atoms with Crippen LogP contribution >= 0.6 is 0 Å². The van der Waals surface area contributed by atoms with Gasteiger partial charge in [-0.3, -0.25) is 4.79 Å². The van der Waals surface area contributed by atoms with Gasteiger partial charge >= 0.3 is 6.18 Å². The summed E-state index contributed by atoms with van der Waals surface area (Å²) < 4.78 is 45.2. The lowest BCUT2D eigenvalue weighted by atomic mass is 9.96. The van der Waals surface area contributed by atoms with E-state index in [4.69, 9.17) is 4.74 Å². The molecule has 4 nitrogen and oxygen atoms in total. The van der Waals surface area contributed by atoms with E-state index >= 15 is 0 Å². The number of nitrogens with zero attached hydrogens (tertiary/aromatic N) is 1. The van der Waals surface area contributed by atoms with Gasteiger partial charge in [-0.05, 0) is 49.1 Å². The zero-order valence-corrected chi connectivity index (χ0v) is 15.3. The van der Waals surface area contributed by atoms with Crippen molar-refractivity contribution in [3.8, 4) is 5.75 Å². The van der Waals surface area contributed by atoms with Gasteiger partial charge in [0, 0.05) is 13.1 Å². The number of para-hydroxylation sites is 1. The van der Waals surface area contributed by atoms with Crippen LogP contribution in [0.25, 0.3) is 0 Å². The third kappa shape index (κ3) is 3.79. The first kappa shape index (κ1) is 18.7. The minimum absolute atomic E-state index is 0.209. The van der Waals surface area contributed by atoms with Gasteiger partial charge < -0.3 is 15.0 Å². The highest BCUT2D eigenvalue weighted by atomic mass is 19.4. The highest BCUT2D eigenvalue weighted by Crippen LogP contribution is 2.37. The van der Waals surface area contributed by atoms with Crippen LogP contribution < -0.4 is 15.0 Å². The van der Waals surface area contributed by atoms with E-state index in [2.05, 4.69) is 5.32 Å². The summed E-state index contributed by atoms with van der Waals surface area (Å²) in [6, 6.07) is 11.0. The second kappa shape index (κ2) is 7.37. The summed E-state index contributed by atoms with van der Waals surface area (Å²) in [5, 5.41) is 2.74. The van der Waals surface area contributed by atoms with Gasteiger partial charge in [0.2, 0.25) is 5.91 Å². The van der Waals surface area contributed by atoms with Crippen molar-refractivity contribution >= 4 is 17.3 Å². The van der Waals surface area contributed by atoms with Gasteiger partial charge in [-0.25, -0.2) is 0 Å². The van der Waals surface area contributed by atoms with Crippen LogP contribution in [0.1, 0.15) is 24.0 Å². The molecule has 2 aromatic carbocycles. The molecule has 28 heavy (non-hydrogen) atoms. The number of fused-ring (bicyclic) bond motifs is 1. The summed E-state index contributed by atoms with van der Waals surface area (Å²) in [6.45, 7) is 1.75. The van der Waals surface area contributed by atoms with E-state index in [0.29, 0.717) is 12.1 Å². The average Bonchev–Trinajstić information content (AvgIpc) is 3.21. The zero-order chi connectivity index (χ0) is 19.7. The number of alkyl halides is 3. The highest BCUT2D eigenvalue weighted by Gasteiger charge is 2.33. The molecule has 0 radical (unpaired) electrons. The number of amides is 1. The molecule has 1 N–H and O–H groups in total. The van der Waals surface area contributed by atoms with Crippen molar-refractivity contribution in [1.82, 2.24) is 0 Å². The average molecular weight is 390 g/mol. The van der Waals surface area contributed by atoms with Crippen LogP contribution in [0.5, 0.6) is 5.75 Å². The van der Waals surface area contributed by atoms with Gasteiger partial charge in [0.15, 0.2) is 0 Å². The Bertz CT molecular complexity index is 876. The summed E-state index contributed by atoms with van der Waals surface area (Å²) >= 11 is 0. The largest absolute Gasteiger partial charge is 0.492 e. The van der Waals surface area contributed by atoms with Crippen molar-refractivity contribution in [2.45, 2.75) is 25.4 Å². The number of carbonyl (C=O) groups is 1. The molecule has 0 aliphatic carbocycles. The molecule has 0 aromatic heterocycles. The smallest absolute Gasteiger partial charge is 0.416 e. The SMILES string of the molecule is O=C(Nc1cc(C(F)(F)F)ccc1N1CCCC1)C1COc2ccccc2C1. The Balaban J connectivity index is 1.58. The number of anilines is 2. The first-order valence-electron chi connectivity index (χ1n) is 9.39. The first-order chi connectivity index (χ1) is 13.4. The van der Waals surface area contributed by atoms with Crippen LogP contribution in [0, 0.1) is 5.92 Å². The summed E-state index contributed by atoms with van der Waals surface area (Å²) in [4.78, 5) is 14.8. The van der Waals surface area contributed by atoms with Crippen LogP contribution in [-0.2, 0) is 17.4 Å². The van der Waals surface area contributed by atoms with E-state index in [1.807, 2.05) is 29.2 Å². The summed E-state index contributed by atoms with van der Waals surface area (Å²) in [5.41, 5.74) is 1.00. The third-order valence-electron chi connectivity index (χ3n) is 5.28. The summed E-state index contributed by atoms with van der Waals surface area (Å²) in [6.07, 6.45) is -1.99. The Morgan fingerprint density at radius 2 is 1.86 bits per heavy atom. The van der Waals surface area contributed by atoms with E-state index in [0.717, 1.165) is 49.4 Å². The van der Waals surface area contributed by atoms with Crippen LogP contribution in [-0.4, -0.2) is 25.6 Å². The molecular weight excluding hydrogens is 369 g/mol. The summed E-state index contributed by atoms with van der Waals surface area (Å²) in [7, 11) is 0. The molecule has 7 heteroatoms.